The zero-order valence-electron chi connectivity index (χ0n) is 20.1. The monoisotopic (exact) mass is 462 g/mol. The Bertz CT molecular complexity index is 1140. The first-order valence-corrected chi connectivity index (χ1v) is 10.9. The lowest BCUT2D eigenvalue weighted by Crippen LogP contribution is -2.21. The highest BCUT2D eigenvalue weighted by Crippen LogP contribution is 2.36. The second-order valence-corrected chi connectivity index (χ2v) is 8.68. The molecular formula is C27H30N2O5. The molecule has 0 unspecified atom stereocenters. The third kappa shape index (κ3) is 6.28. The number of benzene rings is 3. The molecule has 3 rings (SSSR count). The van der Waals surface area contributed by atoms with Gasteiger partial charge in [0.25, 0.3) is 11.8 Å². The molecule has 0 saturated heterocycles. The summed E-state index contributed by atoms with van der Waals surface area (Å²) in [5.41, 5.74) is 2.54. The molecule has 0 fully saturated rings. The average Bonchev–Trinajstić information content (AvgIpc) is 2.83. The summed E-state index contributed by atoms with van der Waals surface area (Å²) in [6, 6.07) is 19.7. The second-order valence-electron chi connectivity index (χ2n) is 8.68. The van der Waals surface area contributed by atoms with Crippen LogP contribution in [0.25, 0.3) is 0 Å². The molecule has 3 aromatic rings. The predicted molar refractivity (Wildman–Crippen MR) is 133 cm³/mol. The van der Waals surface area contributed by atoms with Gasteiger partial charge in [-0.2, -0.15) is 0 Å². The number of methoxy groups -OCH3 is 2. The Morgan fingerprint density at radius 2 is 1.35 bits per heavy atom. The fourth-order valence-corrected chi connectivity index (χ4v) is 3.26. The zero-order chi connectivity index (χ0) is 24.7. The molecular weight excluding hydrogens is 432 g/mol. The molecule has 7 heteroatoms. The van der Waals surface area contributed by atoms with Crippen LogP contribution in [0, 0.1) is 0 Å². The Morgan fingerprint density at radius 1 is 0.794 bits per heavy atom. The van der Waals surface area contributed by atoms with E-state index in [1.54, 1.807) is 36.4 Å². The summed E-state index contributed by atoms with van der Waals surface area (Å²) >= 11 is 0. The molecule has 2 N–H and O–H groups in total. The fourth-order valence-electron chi connectivity index (χ4n) is 3.26. The van der Waals surface area contributed by atoms with Crippen LogP contribution < -0.4 is 24.8 Å². The van der Waals surface area contributed by atoms with E-state index < -0.39 is 0 Å². The lowest BCUT2D eigenvalue weighted by molar-refractivity contribution is -0.118. The van der Waals surface area contributed by atoms with Crippen molar-refractivity contribution in [2.45, 2.75) is 26.2 Å². The van der Waals surface area contributed by atoms with Crippen LogP contribution in [0.15, 0.2) is 66.7 Å². The van der Waals surface area contributed by atoms with Gasteiger partial charge >= 0.3 is 0 Å². The number of carbonyl (C=O) groups excluding carboxylic acids is 2. The van der Waals surface area contributed by atoms with Gasteiger partial charge in [-0.25, -0.2) is 0 Å². The van der Waals surface area contributed by atoms with Crippen molar-refractivity contribution in [3.8, 4) is 17.2 Å². The van der Waals surface area contributed by atoms with Crippen molar-refractivity contribution >= 4 is 23.2 Å². The topological polar surface area (TPSA) is 85.9 Å². The van der Waals surface area contributed by atoms with Crippen molar-refractivity contribution in [1.29, 1.82) is 0 Å². The minimum Gasteiger partial charge on any atom is -0.494 e. The van der Waals surface area contributed by atoms with E-state index in [9.17, 15) is 9.59 Å². The minimum atomic E-state index is -0.360. The van der Waals surface area contributed by atoms with Gasteiger partial charge in [0.1, 0.15) is 17.2 Å². The van der Waals surface area contributed by atoms with E-state index in [1.807, 2.05) is 30.3 Å². The Hall–Kier alpha value is -4.00. The highest BCUT2D eigenvalue weighted by Gasteiger charge is 2.17. The molecule has 0 radical (unpaired) electrons. The normalized spacial score (nSPS) is 10.9. The number of rotatable bonds is 8. The maximum Gasteiger partial charge on any atom is 0.262 e. The summed E-state index contributed by atoms with van der Waals surface area (Å²) in [7, 11) is 2.96. The quantitative estimate of drug-likeness (QED) is 0.476. The predicted octanol–water partition coefficient (Wildman–Crippen LogP) is 5.27. The molecule has 34 heavy (non-hydrogen) atoms. The molecule has 0 spiro atoms. The molecule has 7 nitrogen and oxygen atoms in total. The van der Waals surface area contributed by atoms with Crippen molar-refractivity contribution in [3.05, 3.63) is 77.9 Å². The molecule has 0 aliphatic rings. The number of carbonyl (C=O) groups is 2. The molecule has 2 amide bonds. The van der Waals surface area contributed by atoms with Crippen LogP contribution in [-0.4, -0.2) is 32.6 Å². The molecule has 0 aromatic heterocycles. The van der Waals surface area contributed by atoms with Crippen molar-refractivity contribution in [2.24, 2.45) is 0 Å². The van der Waals surface area contributed by atoms with Crippen molar-refractivity contribution in [2.75, 3.05) is 31.5 Å². The van der Waals surface area contributed by atoms with Crippen LogP contribution >= 0.6 is 0 Å². The highest BCUT2D eigenvalue weighted by atomic mass is 16.5. The largest absolute Gasteiger partial charge is 0.494 e. The number of nitrogens with one attached hydrogen (secondary N) is 2. The maximum absolute atomic E-state index is 12.5. The van der Waals surface area contributed by atoms with Gasteiger partial charge in [-0.05, 0) is 35.2 Å². The number of amides is 2. The number of anilines is 2. The number of hydrogen-bond acceptors (Lipinski definition) is 5. The van der Waals surface area contributed by atoms with Gasteiger partial charge in [0, 0.05) is 17.7 Å². The van der Waals surface area contributed by atoms with Gasteiger partial charge in [-0.1, -0.05) is 51.1 Å². The minimum absolute atomic E-state index is 0.0399. The summed E-state index contributed by atoms with van der Waals surface area (Å²) in [6.07, 6.45) is 0. The lowest BCUT2D eigenvalue weighted by Gasteiger charge is -2.19. The van der Waals surface area contributed by atoms with E-state index in [1.165, 1.54) is 19.8 Å². The van der Waals surface area contributed by atoms with Gasteiger partial charge in [-0.3, -0.25) is 9.59 Å². The molecule has 0 bridgehead atoms. The van der Waals surface area contributed by atoms with E-state index in [2.05, 4.69) is 31.4 Å². The Morgan fingerprint density at radius 3 is 1.88 bits per heavy atom. The SMILES string of the molecule is COc1cc(NC(=O)c2ccccc2)c(OC)cc1NC(=O)COc1ccc(C(C)(C)C)cc1. The van der Waals surface area contributed by atoms with Crippen molar-refractivity contribution < 1.29 is 23.8 Å². The first kappa shape index (κ1) is 24.6. The van der Waals surface area contributed by atoms with Crippen LogP contribution in [-0.2, 0) is 10.2 Å². The molecule has 0 atom stereocenters. The first-order chi connectivity index (χ1) is 16.2. The molecule has 0 saturated carbocycles. The average molecular weight is 463 g/mol. The molecule has 0 aliphatic heterocycles. The number of hydrogen-bond donors (Lipinski definition) is 2. The van der Waals surface area contributed by atoms with Crippen LogP contribution in [0.5, 0.6) is 17.2 Å². The van der Waals surface area contributed by atoms with Crippen molar-refractivity contribution in [1.82, 2.24) is 0 Å². The van der Waals surface area contributed by atoms with Gasteiger partial charge in [-0.15, -0.1) is 0 Å². The summed E-state index contributed by atoms with van der Waals surface area (Å²) in [4.78, 5) is 25.1. The number of ether oxygens (including phenoxy) is 3. The maximum atomic E-state index is 12.5. The Kier molecular flexibility index (Phi) is 7.79. The van der Waals surface area contributed by atoms with Gasteiger partial charge in [0.15, 0.2) is 6.61 Å². The van der Waals surface area contributed by atoms with E-state index in [-0.39, 0.29) is 23.8 Å². The Balaban J connectivity index is 1.69. The third-order valence-electron chi connectivity index (χ3n) is 5.17. The highest BCUT2D eigenvalue weighted by molar-refractivity contribution is 6.05. The molecule has 3 aromatic carbocycles. The summed E-state index contributed by atoms with van der Waals surface area (Å²) in [5.74, 6) is 0.697. The van der Waals surface area contributed by atoms with Crippen molar-refractivity contribution in [3.63, 3.8) is 0 Å². The van der Waals surface area contributed by atoms with Crippen LogP contribution in [0.4, 0.5) is 11.4 Å². The Labute approximate surface area is 200 Å². The second kappa shape index (κ2) is 10.7. The summed E-state index contributed by atoms with van der Waals surface area (Å²) < 4.78 is 16.5. The molecule has 0 aliphatic carbocycles. The van der Waals surface area contributed by atoms with Crippen LogP contribution in [0.1, 0.15) is 36.7 Å². The van der Waals surface area contributed by atoms with E-state index in [4.69, 9.17) is 14.2 Å². The van der Waals surface area contributed by atoms with Crippen LogP contribution in [0.3, 0.4) is 0 Å². The fraction of sp³-hybridized carbons (Fsp3) is 0.259. The van der Waals surface area contributed by atoms with Gasteiger partial charge in [0.05, 0.1) is 25.6 Å². The first-order valence-electron chi connectivity index (χ1n) is 10.9. The summed E-state index contributed by atoms with van der Waals surface area (Å²) in [6.45, 7) is 6.23. The van der Waals surface area contributed by atoms with E-state index >= 15 is 0 Å². The lowest BCUT2D eigenvalue weighted by atomic mass is 9.87. The van der Waals surface area contributed by atoms with Crippen LogP contribution in [0.2, 0.25) is 0 Å². The standard InChI is InChI=1S/C27H30N2O5/c1-27(2,3)19-11-13-20(14-12-19)34-17-25(30)28-21-15-24(33-5)22(16-23(21)32-4)29-26(31)18-9-7-6-8-10-18/h6-16H,17H2,1-5H3,(H,28,30)(H,29,31). The van der Waals surface area contributed by atoms with Gasteiger partial charge in [0.2, 0.25) is 0 Å². The summed E-state index contributed by atoms with van der Waals surface area (Å²) in [5, 5.41) is 5.59. The van der Waals surface area contributed by atoms with E-state index in [0.717, 1.165) is 0 Å². The smallest absolute Gasteiger partial charge is 0.262 e. The van der Waals surface area contributed by atoms with E-state index in [0.29, 0.717) is 34.2 Å². The van der Waals surface area contributed by atoms with Gasteiger partial charge < -0.3 is 24.8 Å². The zero-order valence-corrected chi connectivity index (χ0v) is 20.1. The third-order valence-corrected chi connectivity index (χ3v) is 5.17. The molecule has 0 heterocycles. The molecule has 178 valence electrons.